The number of aliphatic hydroxyl groups is 1. The van der Waals surface area contributed by atoms with Gasteiger partial charge in [0.25, 0.3) is 11.5 Å². The molecule has 1 aromatic heterocycles. The first-order valence-corrected chi connectivity index (χ1v) is 13.7. The maximum Gasteiger partial charge on any atom is 0.270 e. The van der Waals surface area contributed by atoms with Crippen molar-refractivity contribution in [2.75, 3.05) is 29.2 Å². The number of rotatable bonds is 10. The number of carbonyl (C=O) groups is 2. The summed E-state index contributed by atoms with van der Waals surface area (Å²) in [5, 5.41) is 27.9. The molecule has 0 bridgehead atoms. The summed E-state index contributed by atoms with van der Waals surface area (Å²) in [6.45, 7) is 7.28. The van der Waals surface area contributed by atoms with E-state index in [-0.39, 0.29) is 34.9 Å². The number of hydrogen-bond donors (Lipinski definition) is 4. The molecule has 2 rings (SSSR count). The van der Waals surface area contributed by atoms with E-state index in [1.54, 1.807) is 43.0 Å². The lowest BCUT2D eigenvalue weighted by Gasteiger charge is -2.18. The topological polar surface area (TPSA) is 136 Å². The van der Waals surface area contributed by atoms with Crippen LogP contribution in [0.1, 0.15) is 34.1 Å². The van der Waals surface area contributed by atoms with E-state index in [9.17, 15) is 24.8 Å². The van der Waals surface area contributed by atoms with Gasteiger partial charge in [-0.3, -0.25) is 19.0 Å². The summed E-state index contributed by atoms with van der Waals surface area (Å²) in [7, 11) is 0. The fourth-order valence-electron chi connectivity index (χ4n) is 3.07. The van der Waals surface area contributed by atoms with Gasteiger partial charge in [-0.25, -0.2) is 0 Å². The van der Waals surface area contributed by atoms with Gasteiger partial charge >= 0.3 is 0 Å². The van der Waals surface area contributed by atoms with Gasteiger partial charge in [0, 0.05) is 29.5 Å². The first kappa shape index (κ1) is 29.2. The first-order valence-electron chi connectivity index (χ1n) is 11.5. The fourth-order valence-corrected chi connectivity index (χ4v) is 4.68. The molecular weight excluding hydrogens is 498 g/mol. The molecule has 0 saturated carbocycles. The molecule has 0 radical (unpaired) electrons. The van der Waals surface area contributed by atoms with E-state index >= 15 is 0 Å². The first-order chi connectivity index (χ1) is 17.0. The molecule has 2 amide bonds. The minimum atomic E-state index is -0.622. The number of nitrogens with zero attached hydrogens (tertiary/aromatic N) is 2. The van der Waals surface area contributed by atoms with Gasteiger partial charge in [-0.05, 0) is 43.6 Å². The molecule has 0 fully saturated rings. The van der Waals surface area contributed by atoms with Crippen LogP contribution in [0.25, 0.3) is 11.8 Å². The summed E-state index contributed by atoms with van der Waals surface area (Å²) >= 11 is 2.63. The highest BCUT2D eigenvalue weighted by Crippen LogP contribution is 2.20. The lowest BCUT2D eigenvalue weighted by molar-refractivity contribution is -0.123. The molecule has 1 atom stereocenters. The molecule has 0 spiro atoms. The molecule has 0 saturated heterocycles. The van der Waals surface area contributed by atoms with Crippen LogP contribution in [0.4, 0.5) is 11.4 Å². The number of nitrogens with one attached hydrogen (secondary N) is 3. The quantitative estimate of drug-likeness (QED) is 0.366. The predicted octanol–water partition coefficient (Wildman–Crippen LogP) is 1.67. The molecule has 0 aliphatic carbocycles. The Bertz CT molecular complexity index is 1300. The van der Waals surface area contributed by atoms with Crippen LogP contribution in [-0.2, 0) is 16.1 Å². The lowest BCUT2D eigenvalue weighted by atomic mass is 9.95. The molecular formula is C25H33N5O4S2. The third kappa shape index (κ3) is 7.71. The number of thioether (sulfide) groups is 1. The highest BCUT2D eigenvalue weighted by Gasteiger charge is 2.21. The second kappa shape index (κ2) is 13.3. The third-order valence-corrected chi connectivity index (χ3v) is 6.95. The van der Waals surface area contributed by atoms with Gasteiger partial charge in [-0.1, -0.05) is 26.8 Å². The number of nitriles is 1. The van der Waals surface area contributed by atoms with Gasteiger partial charge in [0.15, 0.2) is 5.57 Å². The summed E-state index contributed by atoms with van der Waals surface area (Å²) in [5.74, 6) is 0.00720. The fraction of sp³-hybridized carbons (Fsp3) is 0.440. The molecule has 1 aromatic carbocycles. The van der Waals surface area contributed by atoms with Crippen molar-refractivity contribution in [3.63, 3.8) is 0 Å². The van der Waals surface area contributed by atoms with Crippen molar-refractivity contribution in [1.82, 2.24) is 9.88 Å². The number of anilines is 2. The van der Waals surface area contributed by atoms with E-state index < -0.39 is 17.4 Å². The van der Waals surface area contributed by atoms with Crippen LogP contribution < -0.4 is 30.7 Å². The number of thiazole rings is 1. The Morgan fingerprint density at radius 2 is 2.00 bits per heavy atom. The smallest absolute Gasteiger partial charge is 0.270 e. The largest absolute Gasteiger partial charge is 0.394 e. The van der Waals surface area contributed by atoms with Crippen LogP contribution in [0.2, 0.25) is 0 Å². The Morgan fingerprint density at radius 1 is 1.31 bits per heavy atom. The molecule has 0 aliphatic heterocycles. The third-order valence-electron chi connectivity index (χ3n) is 5.17. The molecule has 2 aromatic rings. The Hall–Kier alpha value is -3.07. The Kier molecular flexibility index (Phi) is 10.8. The monoisotopic (exact) mass is 531 g/mol. The van der Waals surface area contributed by atoms with Crippen LogP contribution in [-0.4, -0.2) is 46.1 Å². The van der Waals surface area contributed by atoms with Gasteiger partial charge in [-0.2, -0.15) is 17.0 Å². The Balaban J connectivity index is 2.39. The molecule has 9 nitrogen and oxygen atoms in total. The molecule has 4 N–H and O–H groups in total. The average Bonchev–Trinajstić information content (AvgIpc) is 3.15. The number of aliphatic hydroxyl groups excluding tert-OH is 1. The van der Waals surface area contributed by atoms with Crippen LogP contribution in [0, 0.1) is 16.7 Å². The normalized spacial score (nSPS) is 13.5. The van der Waals surface area contributed by atoms with Crippen molar-refractivity contribution >= 4 is 58.1 Å². The second-order valence-corrected chi connectivity index (χ2v) is 11.0. The number of benzene rings is 1. The standard InChI is InChI=1S/C25H33N5O4S2/c1-6-30-22(33)20(14-27-16-8-7-9-17(12-16)29-24(34)25(2,3)4)36-23(30)19(13-26)21(32)28-18(15-31)10-11-35-5/h7-9,12,14,18,27,31H,6,10-11,15H2,1-5H3,(H,28,32)(H,29,34). The summed E-state index contributed by atoms with van der Waals surface area (Å²) in [6.07, 6.45) is 4.01. The van der Waals surface area contributed by atoms with Crippen molar-refractivity contribution in [2.24, 2.45) is 5.41 Å². The van der Waals surface area contributed by atoms with E-state index in [0.29, 0.717) is 22.3 Å². The van der Waals surface area contributed by atoms with Crippen LogP contribution in [0.3, 0.4) is 0 Å². The number of carbonyl (C=O) groups excluding carboxylic acids is 2. The Morgan fingerprint density at radius 3 is 2.58 bits per heavy atom. The van der Waals surface area contributed by atoms with Crippen molar-refractivity contribution < 1.29 is 14.7 Å². The zero-order valence-electron chi connectivity index (χ0n) is 21.2. The van der Waals surface area contributed by atoms with Crippen molar-refractivity contribution in [3.05, 3.63) is 43.8 Å². The van der Waals surface area contributed by atoms with Gasteiger partial charge < -0.3 is 21.1 Å². The van der Waals surface area contributed by atoms with Gasteiger partial charge in [0.05, 0.1) is 12.6 Å². The zero-order chi connectivity index (χ0) is 26.9. The van der Waals surface area contributed by atoms with Crippen LogP contribution in [0.5, 0.6) is 0 Å². The van der Waals surface area contributed by atoms with E-state index in [1.165, 1.54) is 10.8 Å². The maximum atomic E-state index is 13.0. The summed E-state index contributed by atoms with van der Waals surface area (Å²) in [4.78, 5) is 38.1. The minimum absolute atomic E-state index is 0.118. The average molecular weight is 532 g/mol. The number of hydrogen-bond acceptors (Lipinski definition) is 8. The van der Waals surface area contributed by atoms with Crippen molar-refractivity contribution in [2.45, 2.75) is 46.7 Å². The van der Waals surface area contributed by atoms with E-state index in [1.807, 2.05) is 33.1 Å². The lowest BCUT2D eigenvalue weighted by Crippen LogP contribution is -2.40. The van der Waals surface area contributed by atoms with Crippen LogP contribution in [0.15, 0.2) is 29.1 Å². The van der Waals surface area contributed by atoms with E-state index in [4.69, 9.17) is 0 Å². The van der Waals surface area contributed by atoms with E-state index in [2.05, 4.69) is 16.0 Å². The Labute approximate surface area is 218 Å². The van der Waals surface area contributed by atoms with Crippen molar-refractivity contribution in [3.8, 4) is 6.07 Å². The second-order valence-electron chi connectivity index (χ2n) is 9.02. The highest BCUT2D eigenvalue weighted by atomic mass is 32.2. The summed E-state index contributed by atoms with van der Waals surface area (Å²) < 4.78 is 1.95. The number of aromatic nitrogens is 1. The van der Waals surface area contributed by atoms with Gasteiger partial charge in [0.1, 0.15) is 15.3 Å². The number of amides is 2. The maximum absolute atomic E-state index is 13.0. The SMILES string of the molecule is CCn1c(=C(C#N)C(=O)NC(CO)CCSC)sc(=CNc2cccc(NC(=O)C(C)(C)C)c2)c1=O. The zero-order valence-corrected chi connectivity index (χ0v) is 22.8. The van der Waals surface area contributed by atoms with Crippen LogP contribution >= 0.6 is 23.1 Å². The van der Waals surface area contributed by atoms with Gasteiger partial charge in [-0.15, -0.1) is 11.3 Å². The van der Waals surface area contributed by atoms with Crippen molar-refractivity contribution in [1.29, 1.82) is 5.26 Å². The molecule has 1 heterocycles. The summed E-state index contributed by atoms with van der Waals surface area (Å²) in [6, 6.07) is 8.53. The molecule has 0 aliphatic rings. The molecule has 194 valence electrons. The summed E-state index contributed by atoms with van der Waals surface area (Å²) in [5.41, 5.74) is 0.224. The molecule has 36 heavy (non-hydrogen) atoms. The molecule has 11 heteroatoms. The highest BCUT2D eigenvalue weighted by molar-refractivity contribution is 7.98. The van der Waals surface area contributed by atoms with E-state index in [0.717, 1.165) is 17.1 Å². The predicted molar refractivity (Wildman–Crippen MR) is 147 cm³/mol. The minimum Gasteiger partial charge on any atom is -0.394 e. The molecule has 1 unspecified atom stereocenters. The van der Waals surface area contributed by atoms with Gasteiger partial charge in [0.2, 0.25) is 5.91 Å².